The van der Waals surface area contributed by atoms with Crippen LogP contribution in [0.15, 0.2) is 53.7 Å². The molecular formula is C23H27N5OS. The standard InChI is InChI=1S/C23H27N5OS/c1-16-9-11-20(12-10-16)28-22(27-13-4-5-14-27)25-26-23(28)30-18(3)21(29)24-19-8-6-7-17(2)15-19/h6-12,15,18H,4-5,13-14H2,1-3H3,(H,24,29). The van der Waals surface area contributed by atoms with Crippen molar-refractivity contribution >= 4 is 29.3 Å². The van der Waals surface area contributed by atoms with Crippen molar-refractivity contribution in [1.82, 2.24) is 14.8 Å². The zero-order valence-corrected chi connectivity index (χ0v) is 18.4. The van der Waals surface area contributed by atoms with E-state index in [0.29, 0.717) is 0 Å². The van der Waals surface area contributed by atoms with Gasteiger partial charge < -0.3 is 10.2 Å². The first kappa shape index (κ1) is 20.5. The number of amides is 1. The monoisotopic (exact) mass is 421 g/mol. The molecule has 1 amide bonds. The highest BCUT2D eigenvalue weighted by Gasteiger charge is 2.25. The molecule has 1 saturated heterocycles. The summed E-state index contributed by atoms with van der Waals surface area (Å²) in [5.41, 5.74) is 4.14. The van der Waals surface area contributed by atoms with Crippen LogP contribution >= 0.6 is 11.8 Å². The Morgan fingerprint density at radius 3 is 2.47 bits per heavy atom. The van der Waals surface area contributed by atoms with E-state index in [0.717, 1.165) is 41.1 Å². The molecule has 0 saturated carbocycles. The number of anilines is 2. The van der Waals surface area contributed by atoms with Gasteiger partial charge in [-0.3, -0.25) is 9.36 Å². The summed E-state index contributed by atoms with van der Waals surface area (Å²) in [4.78, 5) is 15.1. The van der Waals surface area contributed by atoms with Gasteiger partial charge in [0.2, 0.25) is 11.9 Å². The number of hydrogen-bond acceptors (Lipinski definition) is 5. The van der Waals surface area contributed by atoms with E-state index in [9.17, 15) is 4.79 Å². The third-order valence-electron chi connectivity index (χ3n) is 5.23. The molecule has 1 atom stereocenters. The normalized spacial score (nSPS) is 14.7. The number of thioether (sulfide) groups is 1. The molecule has 7 heteroatoms. The number of benzene rings is 2. The van der Waals surface area contributed by atoms with Crippen molar-refractivity contribution in [2.45, 2.75) is 44.0 Å². The number of aromatic nitrogens is 3. The fraction of sp³-hybridized carbons (Fsp3) is 0.348. The van der Waals surface area contributed by atoms with E-state index in [1.807, 2.05) is 38.1 Å². The van der Waals surface area contributed by atoms with Crippen molar-refractivity contribution in [1.29, 1.82) is 0 Å². The molecule has 1 aromatic heterocycles. The smallest absolute Gasteiger partial charge is 0.237 e. The molecule has 30 heavy (non-hydrogen) atoms. The minimum Gasteiger partial charge on any atom is -0.341 e. The van der Waals surface area contributed by atoms with Crippen LogP contribution < -0.4 is 10.2 Å². The SMILES string of the molecule is Cc1ccc(-n2c(SC(C)C(=O)Nc3cccc(C)c3)nnc2N2CCCC2)cc1. The summed E-state index contributed by atoms with van der Waals surface area (Å²) < 4.78 is 2.08. The van der Waals surface area contributed by atoms with Crippen LogP contribution in [0, 0.1) is 13.8 Å². The van der Waals surface area contributed by atoms with Gasteiger partial charge in [-0.15, -0.1) is 10.2 Å². The van der Waals surface area contributed by atoms with Gasteiger partial charge in [-0.05, 0) is 63.4 Å². The number of aryl methyl sites for hydroxylation is 2. The molecule has 4 rings (SSSR count). The lowest BCUT2D eigenvalue weighted by Gasteiger charge is -2.19. The first-order valence-corrected chi connectivity index (χ1v) is 11.2. The van der Waals surface area contributed by atoms with Crippen LogP contribution in [0.4, 0.5) is 11.6 Å². The van der Waals surface area contributed by atoms with Gasteiger partial charge in [0.1, 0.15) is 0 Å². The van der Waals surface area contributed by atoms with Crippen LogP contribution in [0.5, 0.6) is 0 Å². The Labute approximate surface area is 181 Å². The molecule has 0 bridgehead atoms. The van der Waals surface area contributed by atoms with Crippen LogP contribution in [-0.2, 0) is 4.79 Å². The van der Waals surface area contributed by atoms with Gasteiger partial charge in [-0.1, -0.05) is 41.6 Å². The summed E-state index contributed by atoms with van der Waals surface area (Å²) in [6.45, 7) is 7.96. The van der Waals surface area contributed by atoms with Crippen LogP contribution in [0.1, 0.15) is 30.9 Å². The Bertz CT molecular complexity index is 1020. The van der Waals surface area contributed by atoms with Crippen molar-refractivity contribution < 1.29 is 4.79 Å². The molecule has 1 unspecified atom stereocenters. The summed E-state index contributed by atoms with van der Waals surface area (Å²) in [7, 11) is 0. The zero-order valence-electron chi connectivity index (χ0n) is 17.6. The molecule has 0 spiro atoms. The first-order valence-electron chi connectivity index (χ1n) is 10.3. The summed E-state index contributed by atoms with van der Waals surface area (Å²) in [5, 5.41) is 12.4. The van der Waals surface area contributed by atoms with Gasteiger partial charge in [0, 0.05) is 18.8 Å². The van der Waals surface area contributed by atoms with Gasteiger partial charge in [0.05, 0.1) is 10.9 Å². The molecule has 1 aliphatic rings. The topological polar surface area (TPSA) is 63.1 Å². The van der Waals surface area contributed by atoms with Gasteiger partial charge in [0.25, 0.3) is 0 Å². The Morgan fingerprint density at radius 2 is 1.77 bits per heavy atom. The third kappa shape index (κ3) is 4.51. The molecular weight excluding hydrogens is 394 g/mol. The fourth-order valence-corrected chi connectivity index (χ4v) is 4.42. The maximum atomic E-state index is 12.8. The average molecular weight is 422 g/mol. The number of nitrogens with zero attached hydrogens (tertiary/aromatic N) is 4. The zero-order chi connectivity index (χ0) is 21.1. The lowest BCUT2D eigenvalue weighted by Crippen LogP contribution is -2.24. The van der Waals surface area contributed by atoms with Gasteiger partial charge in [-0.2, -0.15) is 0 Å². The number of carbonyl (C=O) groups is 1. The molecule has 6 nitrogen and oxygen atoms in total. The summed E-state index contributed by atoms with van der Waals surface area (Å²) in [6.07, 6.45) is 2.33. The third-order valence-corrected chi connectivity index (χ3v) is 6.28. The Balaban J connectivity index is 1.58. The Hall–Kier alpha value is -2.80. The number of nitrogens with one attached hydrogen (secondary N) is 1. The molecule has 1 fully saturated rings. The van der Waals surface area contributed by atoms with Crippen LogP contribution in [0.2, 0.25) is 0 Å². The second-order valence-corrected chi connectivity index (χ2v) is 9.07. The van der Waals surface area contributed by atoms with E-state index in [2.05, 4.69) is 56.2 Å². The Kier molecular flexibility index (Phi) is 6.08. The van der Waals surface area contributed by atoms with Crippen LogP contribution in [0.25, 0.3) is 5.69 Å². The number of hydrogen-bond donors (Lipinski definition) is 1. The first-order chi connectivity index (χ1) is 14.5. The van der Waals surface area contributed by atoms with Crippen molar-refractivity contribution in [3.63, 3.8) is 0 Å². The molecule has 1 aliphatic heterocycles. The lowest BCUT2D eigenvalue weighted by molar-refractivity contribution is -0.115. The quantitative estimate of drug-likeness (QED) is 0.589. The fourth-order valence-electron chi connectivity index (χ4n) is 3.56. The average Bonchev–Trinajstić information content (AvgIpc) is 3.38. The van der Waals surface area contributed by atoms with Gasteiger partial charge in [0.15, 0.2) is 5.16 Å². The van der Waals surface area contributed by atoms with E-state index >= 15 is 0 Å². The van der Waals surface area contributed by atoms with E-state index in [-0.39, 0.29) is 11.2 Å². The lowest BCUT2D eigenvalue weighted by atomic mass is 10.2. The van der Waals surface area contributed by atoms with E-state index in [1.165, 1.54) is 30.2 Å². The van der Waals surface area contributed by atoms with E-state index < -0.39 is 0 Å². The maximum Gasteiger partial charge on any atom is 0.237 e. The largest absolute Gasteiger partial charge is 0.341 e. The molecule has 0 radical (unpaired) electrons. The molecule has 156 valence electrons. The van der Waals surface area contributed by atoms with Crippen LogP contribution in [0.3, 0.4) is 0 Å². The van der Waals surface area contributed by atoms with E-state index in [4.69, 9.17) is 0 Å². The predicted octanol–water partition coefficient (Wildman–Crippen LogP) is 4.60. The van der Waals surface area contributed by atoms with Crippen LogP contribution in [-0.4, -0.2) is 39.0 Å². The second kappa shape index (κ2) is 8.92. The molecule has 1 N–H and O–H groups in total. The van der Waals surface area contributed by atoms with Gasteiger partial charge >= 0.3 is 0 Å². The molecule has 3 aromatic rings. The van der Waals surface area contributed by atoms with Crippen molar-refractivity contribution in [2.75, 3.05) is 23.3 Å². The molecule has 2 aromatic carbocycles. The van der Waals surface area contributed by atoms with Crippen molar-refractivity contribution in [3.8, 4) is 5.69 Å². The van der Waals surface area contributed by atoms with Crippen molar-refractivity contribution in [2.24, 2.45) is 0 Å². The maximum absolute atomic E-state index is 12.8. The summed E-state index contributed by atoms with van der Waals surface area (Å²) in [5.74, 6) is 0.803. The molecule has 2 heterocycles. The minimum absolute atomic E-state index is 0.0493. The van der Waals surface area contributed by atoms with E-state index in [1.54, 1.807) is 0 Å². The number of carbonyl (C=O) groups excluding carboxylic acids is 1. The highest BCUT2D eigenvalue weighted by Crippen LogP contribution is 2.31. The minimum atomic E-state index is -0.315. The summed E-state index contributed by atoms with van der Waals surface area (Å²) in [6, 6.07) is 16.2. The molecule has 0 aliphatic carbocycles. The Morgan fingerprint density at radius 1 is 1.03 bits per heavy atom. The highest BCUT2D eigenvalue weighted by molar-refractivity contribution is 8.00. The van der Waals surface area contributed by atoms with Gasteiger partial charge in [-0.25, -0.2) is 0 Å². The second-order valence-electron chi connectivity index (χ2n) is 7.77. The number of rotatable bonds is 6. The van der Waals surface area contributed by atoms with Crippen molar-refractivity contribution in [3.05, 3.63) is 59.7 Å². The highest BCUT2D eigenvalue weighted by atomic mass is 32.2. The summed E-state index contributed by atoms with van der Waals surface area (Å²) >= 11 is 1.43. The predicted molar refractivity (Wildman–Crippen MR) is 123 cm³/mol.